The van der Waals surface area contributed by atoms with Crippen molar-refractivity contribution in [2.45, 2.75) is 11.8 Å². The van der Waals surface area contributed by atoms with Gasteiger partial charge in [0.05, 0.1) is 28.9 Å². The van der Waals surface area contributed by atoms with E-state index in [4.69, 9.17) is 16.3 Å². The zero-order chi connectivity index (χ0) is 23.3. The van der Waals surface area contributed by atoms with E-state index in [0.717, 1.165) is 4.31 Å². The molecule has 0 heterocycles. The second kappa shape index (κ2) is 9.84. The number of sulfonamides is 1. The lowest BCUT2D eigenvalue weighted by molar-refractivity contribution is -0.114. The molecule has 3 aromatic rings. The molecule has 0 saturated heterocycles. The van der Waals surface area contributed by atoms with E-state index < -0.39 is 28.4 Å². The van der Waals surface area contributed by atoms with Gasteiger partial charge in [0.25, 0.3) is 10.0 Å². The minimum absolute atomic E-state index is 0.00656. The Kier molecular flexibility index (Phi) is 7.17. The maximum atomic E-state index is 13.4. The molecule has 0 aliphatic heterocycles. The molecule has 0 atom stereocenters. The Hall–Kier alpha value is -3.36. The van der Waals surface area contributed by atoms with Crippen molar-refractivity contribution in [2.75, 3.05) is 23.3 Å². The molecule has 0 aromatic heterocycles. The summed E-state index contributed by atoms with van der Waals surface area (Å²) in [6.45, 7) is 1.25. The van der Waals surface area contributed by atoms with E-state index in [0.29, 0.717) is 16.3 Å². The number of carbonyl (C=O) groups excluding carboxylic acids is 2. The van der Waals surface area contributed by atoms with Crippen molar-refractivity contribution in [2.24, 2.45) is 0 Å². The predicted molar refractivity (Wildman–Crippen MR) is 124 cm³/mol. The number of nitrogens with one attached hydrogen (secondary N) is 1. The summed E-state index contributed by atoms with van der Waals surface area (Å²) in [5, 5.41) is 3.00. The monoisotopic (exact) mass is 472 g/mol. The molecule has 9 heteroatoms. The Morgan fingerprint density at radius 1 is 0.969 bits per heavy atom. The second-order valence-electron chi connectivity index (χ2n) is 6.84. The molecular weight excluding hydrogens is 452 g/mol. The lowest BCUT2D eigenvalue weighted by Gasteiger charge is -2.25. The first-order valence-corrected chi connectivity index (χ1v) is 11.4. The van der Waals surface area contributed by atoms with E-state index in [-0.39, 0.29) is 16.1 Å². The van der Waals surface area contributed by atoms with Gasteiger partial charge in [0, 0.05) is 5.02 Å². The Morgan fingerprint density at radius 3 is 2.25 bits per heavy atom. The number of amides is 1. The fourth-order valence-corrected chi connectivity index (χ4v) is 4.69. The number of nitrogens with zero attached hydrogens (tertiary/aromatic N) is 1. The van der Waals surface area contributed by atoms with Gasteiger partial charge in [0.1, 0.15) is 6.54 Å². The van der Waals surface area contributed by atoms with Crippen LogP contribution in [0.15, 0.2) is 77.7 Å². The highest BCUT2D eigenvalue weighted by molar-refractivity contribution is 7.92. The Bertz CT molecular complexity index is 1240. The molecule has 166 valence electrons. The van der Waals surface area contributed by atoms with Gasteiger partial charge in [-0.1, -0.05) is 41.9 Å². The van der Waals surface area contributed by atoms with Crippen molar-refractivity contribution in [3.05, 3.63) is 88.9 Å². The predicted octanol–water partition coefficient (Wildman–Crippen LogP) is 4.27. The van der Waals surface area contributed by atoms with E-state index in [1.54, 1.807) is 43.3 Å². The third-order valence-electron chi connectivity index (χ3n) is 4.68. The van der Waals surface area contributed by atoms with Crippen LogP contribution in [0.4, 0.5) is 11.4 Å². The molecule has 32 heavy (non-hydrogen) atoms. The summed E-state index contributed by atoms with van der Waals surface area (Å²) in [7, 11) is -2.85. The van der Waals surface area contributed by atoms with E-state index in [1.165, 1.54) is 43.5 Å². The zero-order valence-electron chi connectivity index (χ0n) is 17.4. The van der Waals surface area contributed by atoms with Gasteiger partial charge >= 0.3 is 5.97 Å². The molecule has 7 nitrogen and oxygen atoms in total. The van der Waals surface area contributed by atoms with Crippen molar-refractivity contribution in [1.29, 1.82) is 0 Å². The van der Waals surface area contributed by atoms with Crippen LogP contribution in [0.3, 0.4) is 0 Å². The summed E-state index contributed by atoms with van der Waals surface area (Å²) in [6, 6.07) is 18.9. The highest BCUT2D eigenvalue weighted by atomic mass is 35.5. The van der Waals surface area contributed by atoms with Crippen LogP contribution in [0.5, 0.6) is 0 Å². The van der Waals surface area contributed by atoms with Crippen molar-refractivity contribution >= 4 is 44.9 Å². The molecule has 1 amide bonds. The zero-order valence-corrected chi connectivity index (χ0v) is 19.0. The molecular formula is C23H21ClN2O5S. The van der Waals surface area contributed by atoms with Crippen LogP contribution in [0.1, 0.15) is 15.9 Å². The lowest BCUT2D eigenvalue weighted by Crippen LogP contribution is -2.38. The molecule has 0 fully saturated rings. The first kappa shape index (κ1) is 23.3. The summed E-state index contributed by atoms with van der Waals surface area (Å²) in [5.41, 5.74) is 1.41. The van der Waals surface area contributed by atoms with Gasteiger partial charge in [-0.15, -0.1) is 0 Å². The average molecular weight is 473 g/mol. The van der Waals surface area contributed by atoms with Gasteiger partial charge in [-0.2, -0.15) is 0 Å². The number of anilines is 2. The Labute approximate surface area is 191 Å². The molecule has 0 spiro atoms. The highest BCUT2D eigenvalue weighted by Gasteiger charge is 2.28. The number of para-hydroxylation sites is 2. The summed E-state index contributed by atoms with van der Waals surface area (Å²) in [5.74, 6) is -1.24. The first-order chi connectivity index (χ1) is 15.2. The quantitative estimate of drug-likeness (QED) is 0.518. The van der Waals surface area contributed by atoms with Crippen LogP contribution in [-0.4, -0.2) is 33.9 Å². The largest absolute Gasteiger partial charge is 0.465 e. The summed E-state index contributed by atoms with van der Waals surface area (Å²) in [6.07, 6.45) is 0. The number of rotatable bonds is 7. The molecule has 3 aromatic carbocycles. The standard InChI is InChI=1S/C23H21ClN2O5S/c1-16-7-3-6-10-21(16)26(32(29,30)18-13-11-17(24)12-14-18)15-22(27)25-20-9-5-4-8-19(20)23(28)31-2/h3-14H,15H2,1-2H3,(H,25,27). The summed E-state index contributed by atoms with van der Waals surface area (Å²) in [4.78, 5) is 24.9. The van der Waals surface area contributed by atoms with E-state index in [1.807, 2.05) is 0 Å². The van der Waals surface area contributed by atoms with Crippen LogP contribution in [-0.2, 0) is 19.6 Å². The van der Waals surface area contributed by atoms with Crippen LogP contribution in [0, 0.1) is 6.92 Å². The molecule has 0 aliphatic rings. The summed E-state index contributed by atoms with van der Waals surface area (Å²) >= 11 is 5.90. The van der Waals surface area contributed by atoms with Gasteiger partial charge in [0.2, 0.25) is 5.91 Å². The number of esters is 1. The van der Waals surface area contributed by atoms with Crippen LogP contribution < -0.4 is 9.62 Å². The molecule has 3 rings (SSSR count). The summed E-state index contributed by atoms with van der Waals surface area (Å²) < 4.78 is 32.6. The van der Waals surface area contributed by atoms with Crippen LogP contribution >= 0.6 is 11.6 Å². The highest BCUT2D eigenvalue weighted by Crippen LogP contribution is 2.27. The van der Waals surface area contributed by atoms with Gasteiger partial charge in [-0.05, 0) is 55.0 Å². The van der Waals surface area contributed by atoms with Crippen molar-refractivity contribution in [3.63, 3.8) is 0 Å². The van der Waals surface area contributed by atoms with Gasteiger partial charge in [-0.3, -0.25) is 9.10 Å². The number of carbonyl (C=O) groups is 2. The fraction of sp³-hybridized carbons (Fsp3) is 0.130. The van der Waals surface area contributed by atoms with Crippen molar-refractivity contribution in [1.82, 2.24) is 0 Å². The number of aryl methyl sites for hydroxylation is 1. The topological polar surface area (TPSA) is 92.8 Å². The molecule has 0 saturated carbocycles. The lowest BCUT2D eigenvalue weighted by atomic mass is 10.1. The average Bonchev–Trinajstić information content (AvgIpc) is 2.78. The smallest absolute Gasteiger partial charge is 0.339 e. The maximum Gasteiger partial charge on any atom is 0.339 e. The van der Waals surface area contributed by atoms with Gasteiger partial charge in [0.15, 0.2) is 0 Å². The number of hydrogen-bond acceptors (Lipinski definition) is 5. The van der Waals surface area contributed by atoms with Gasteiger partial charge in [-0.25, -0.2) is 13.2 Å². The number of ether oxygens (including phenoxy) is 1. The molecule has 0 bridgehead atoms. The number of hydrogen-bond donors (Lipinski definition) is 1. The SMILES string of the molecule is COC(=O)c1ccccc1NC(=O)CN(c1ccccc1C)S(=O)(=O)c1ccc(Cl)cc1. The molecule has 0 radical (unpaired) electrons. The van der Waals surface area contributed by atoms with Crippen molar-refractivity contribution in [3.8, 4) is 0 Å². The van der Waals surface area contributed by atoms with E-state index in [2.05, 4.69) is 5.32 Å². The van der Waals surface area contributed by atoms with E-state index in [9.17, 15) is 18.0 Å². The fourth-order valence-electron chi connectivity index (χ4n) is 3.08. The number of halogens is 1. The van der Waals surface area contributed by atoms with Crippen LogP contribution in [0.2, 0.25) is 5.02 Å². The van der Waals surface area contributed by atoms with Crippen molar-refractivity contribution < 1.29 is 22.7 Å². The minimum atomic E-state index is -4.09. The Balaban J connectivity index is 1.97. The van der Waals surface area contributed by atoms with E-state index >= 15 is 0 Å². The maximum absolute atomic E-state index is 13.4. The minimum Gasteiger partial charge on any atom is -0.465 e. The molecule has 0 aliphatic carbocycles. The third kappa shape index (κ3) is 5.09. The number of methoxy groups -OCH3 is 1. The number of benzene rings is 3. The van der Waals surface area contributed by atoms with Crippen LogP contribution in [0.25, 0.3) is 0 Å². The third-order valence-corrected chi connectivity index (χ3v) is 6.71. The van der Waals surface area contributed by atoms with Gasteiger partial charge < -0.3 is 10.1 Å². The first-order valence-electron chi connectivity index (χ1n) is 9.55. The molecule has 1 N–H and O–H groups in total. The molecule has 0 unspecified atom stereocenters. The Morgan fingerprint density at radius 2 is 1.59 bits per heavy atom. The second-order valence-corrected chi connectivity index (χ2v) is 9.14. The normalized spacial score (nSPS) is 11.0.